The molecule has 0 bridgehead atoms. The molecule has 0 spiro atoms. The van der Waals surface area contributed by atoms with Crippen LogP contribution in [0.1, 0.15) is 5.89 Å². The molecule has 27 heavy (non-hydrogen) atoms. The minimum atomic E-state index is 0.000105. The normalized spacial score (nSPS) is 14.4. The molecule has 1 aliphatic heterocycles. The van der Waals surface area contributed by atoms with E-state index in [1.807, 2.05) is 47.4 Å². The summed E-state index contributed by atoms with van der Waals surface area (Å²) in [6.07, 6.45) is 1.90. The predicted octanol–water partition coefficient (Wildman–Crippen LogP) is 2.79. The number of hydrogen-bond donors (Lipinski definition) is 0. The summed E-state index contributed by atoms with van der Waals surface area (Å²) in [5.74, 6) is 1.70. The number of hydrogen-bond acceptors (Lipinski definition) is 6. The molecule has 0 radical (unpaired) electrons. The zero-order valence-electron chi connectivity index (χ0n) is 14.6. The van der Waals surface area contributed by atoms with Crippen molar-refractivity contribution in [2.45, 2.75) is 6.42 Å². The number of rotatable bonds is 4. The molecule has 1 aromatic carbocycles. The molecule has 1 amide bonds. The number of halogens is 1. The third-order valence-electron chi connectivity index (χ3n) is 4.45. The van der Waals surface area contributed by atoms with Crippen LogP contribution in [-0.2, 0) is 11.2 Å². The van der Waals surface area contributed by atoms with E-state index in [0.717, 1.165) is 28.9 Å². The van der Waals surface area contributed by atoms with Crippen LogP contribution in [0.25, 0.3) is 11.5 Å². The highest BCUT2D eigenvalue weighted by molar-refractivity contribution is 9.10. The number of benzene rings is 1. The summed E-state index contributed by atoms with van der Waals surface area (Å²) in [4.78, 5) is 20.9. The number of nitrogens with zero attached hydrogens (tertiary/aromatic N) is 5. The van der Waals surface area contributed by atoms with Gasteiger partial charge in [0.15, 0.2) is 0 Å². The highest BCUT2D eigenvalue weighted by Crippen LogP contribution is 2.22. The van der Waals surface area contributed by atoms with Gasteiger partial charge in [0.05, 0.1) is 0 Å². The zero-order chi connectivity index (χ0) is 18.6. The summed E-state index contributed by atoms with van der Waals surface area (Å²) >= 11 is 3.42. The molecule has 0 N–H and O–H groups in total. The van der Waals surface area contributed by atoms with Gasteiger partial charge < -0.3 is 14.2 Å². The predicted molar refractivity (Wildman–Crippen MR) is 104 cm³/mol. The van der Waals surface area contributed by atoms with Crippen molar-refractivity contribution in [3.63, 3.8) is 0 Å². The van der Waals surface area contributed by atoms with Crippen molar-refractivity contribution >= 4 is 27.7 Å². The SMILES string of the molecule is O=C(Cc1nnc(-c2cccc(Br)c2)o1)N1CCN(c2ccccn2)CC1. The Bertz CT molecular complexity index is 923. The fourth-order valence-electron chi connectivity index (χ4n) is 3.03. The first-order chi connectivity index (χ1) is 13.2. The first-order valence-corrected chi connectivity index (χ1v) is 9.50. The van der Waals surface area contributed by atoms with Gasteiger partial charge >= 0.3 is 0 Å². The third-order valence-corrected chi connectivity index (χ3v) is 4.94. The van der Waals surface area contributed by atoms with Crippen molar-refractivity contribution < 1.29 is 9.21 Å². The maximum Gasteiger partial charge on any atom is 0.247 e. The van der Waals surface area contributed by atoms with Crippen molar-refractivity contribution in [1.82, 2.24) is 20.1 Å². The topological polar surface area (TPSA) is 75.4 Å². The van der Waals surface area contributed by atoms with Crippen LogP contribution in [-0.4, -0.2) is 52.2 Å². The summed E-state index contributed by atoms with van der Waals surface area (Å²) in [5.41, 5.74) is 0.819. The van der Waals surface area contributed by atoms with Crippen LogP contribution < -0.4 is 4.90 Å². The van der Waals surface area contributed by atoms with Gasteiger partial charge in [0.25, 0.3) is 0 Å². The maximum absolute atomic E-state index is 12.6. The van der Waals surface area contributed by atoms with Crippen molar-refractivity contribution in [2.24, 2.45) is 0 Å². The monoisotopic (exact) mass is 427 g/mol. The fraction of sp³-hybridized carbons (Fsp3) is 0.263. The molecule has 7 nitrogen and oxygen atoms in total. The van der Waals surface area contributed by atoms with Crippen LogP contribution in [0.4, 0.5) is 5.82 Å². The highest BCUT2D eigenvalue weighted by atomic mass is 79.9. The molecule has 0 atom stereocenters. The van der Waals surface area contributed by atoms with E-state index in [4.69, 9.17) is 4.42 Å². The van der Waals surface area contributed by atoms with Gasteiger partial charge in [-0.1, -0.05) is 28.1 Å². The van der Waals surface area contributed by atoms with Gasteiger partial charge in [-0.3, -0.25) is 4.79 Å². The van der Waals surface area contributed by atoms with Crippen LogP contribution in [0, 0.1) is 0 Å². The Morgan fingerprint density at radius 1 is 1.07 bits per heavy atom. The number of carbonyl (C=O) groups is 1. The Hall–Kier alpha value is -2.74. The summed E-state index contributed by atoms with van der Waals surface area (Å²) in [6, 6.07) is 13.5. The lowest BCUT2D eigenvalue weighted by molar-refractivity contribution is -0.131. The molecule has 8 heteroatoms. The number of anilines is 1. The number of pyridine rings is 1. The first-order valence-electron chi connectivity index (χ1n) is 8.71. The van der Waals surface area contributed by atoms with E-state index in [1.54, 1.807) is 6.20 Å². The Morgan fingerprint density at radius 3 is 2.67 bits per heavy atom. The Kier molecular flexibility index (Phi) is 5.15. The summed E-state index contributed by atoms with van der Waals surface area (Å²) < 4.78 is 6.60. The second-order valence-electron chi connectivity index (χ2n) is 6.24. The lowest BCUT2D eigenvalue weighted by atomic mass is 10.2. The van der Waals surface area contributed by atoms with E-state index in [9.17, 15) is 4.79 Å². The second-order valence-corrected chi connectivity index (χ2v) is 7.16. The van der Waals surface area contributed by atoms with Gasteiger partial charge in [-0.25, -0.2) is 4.98 Å². The molecule has 2 aromatic heterocycles. The third kappa shape index (κ3) is 4.16. The standard InChI is InChI=1S/C19H18BrN5O2/c20-15-5-3-4-14(12-15)19-23-22-17(27-19)13-18(26)25-10-8-24(9-11-25)16-6-1-2-7-21-16/h1-7,12H,8-11,13H2. The van der Waals surface area contributed by atoms with Crippen molar-refractivity contribution in [2.75, 3.05) is 31.1 Å². The molecule has 3 heterocycles. The lowest BCUT2D eigenvalue weighted by Gasteiger charge is -2.35. The van der Waals surface area contributed by atoms with E-state index < -0.39 is 0 Å². The van der Waals surface area contributed by atoms with Crippen molar-refractivity contribution in [3.05, 3.63) is 59.0 Å². The molecule has 1 fully saturated rings. The largest absolute Gasteiger partial charge is 0.420 e. The molecule has 0 saturated carbocycles. The fourth-order valence-corrected chi connectivity index (χ4v) is 3.43. The van der Waals surface area contributed by atoms with Crippen LogP contribution in [0.15, 0.2) is 57.6 Å². The number of piperazine rings is 1. The van der Waals surface area contributed by atoms with Crippen molar-refractivity contribution in [1.29, 1.82) is 0 Å². The van der Waals surface area contributed by atoms with Crippen LogP contribution in [0.3, 0.4) is 0 Å². The number of aromatic nitrogens is 3. The molecular weight excluding hydrogens is 410 g/mol. The van der Waals surface area contributed by atoms with Gasteiger partial charge in [0.1, 0.15) is 12.2 Å². The molecule has 4 rings (SSSR count). The summed E-state index contributed by atoms with van der Waals surface area (Å²) in [7, 11) is 0. The quantitative estimate of drug-likeness (QED) is 0.636. The minimum Gasteiger partial charge on any atom is -0.420 e. The smallest absolute Gasteiger partial charge is 0.247 e. The average molecular weight is 428 g/mol. The average Bonchev–Trinajstić information content (AvgIpc) is 3.17. The summed E-state index contributed by atoms with van der Waals surface area (Å²) in [5, 5.41) is 8.07. The number of carbonyl (C=O) groups excluding carboxylic acids is 1. The Labute approximate surface area is 165 Å². The van der Waals surface area contributed by atoms with Gasteiger partial charge in [0, 0.05) is 42.4 Å². The van der Waals surface area contributed by atoms with Gasteiger partial charge in [0.2, 0.25) is 17.7 Å². The molecule has 1 aliphatic rings. The molecule has 0 aliphatic carbocycles. The molecule has 1 saturated heterocycles. The van der Waals surface area contributed by atoms with Crippen LogP contribution in [0.5, 0.6) is 0 Å². The van der Waals surface area contributed by atoms with Crippen LogP contribution >= 0.6 is 15.9 Å². The maximum atomic E-state index is 12.6. The van der Waals surface area contributed by atoms with E-state index in [2.05, 4.69) is 36.0 Å². The highest BCUT2D eigenvalue weighted by Gasteiger charge is 2.23. The summed E-state index contributed by atoms with van der Waals surface area (Å²) in [6.45, 7) is 2.83. The van der Waals surface area contributed by atoms with E-state index in [-0.39, 0.29) is 12.3 Å². The zero-order valence-corrected chi connectivity index (χ0v) is 16.2. The minimum absolute atomic E-state index is 0.000105. The van der Waals surface area contributed by atoms with Crippen LogP contribution in [0.2, 0.25) is 0 Å². The molecule has 0 unspecified atom stereocenters. The van der Waals surface area contributed by atoms with E-state index in [0.29, 0.717) is 24.9 Å². The number of amides is 1. The first kappa shape index (κ1) is 17.7. The van der Waals surface area contributed by atoms with E-state index >= 15 is 0 Å². The van der Waals surface area contributed by atoms with E-state index in [1.165, 1.54) is 0 Å². The van der Waals surface area contributed by atoms with Gasteiger partial charge in [-0.05, 0) is 30.3 Å². The second kappa shape index (κ2) is 7.87. The molecular formula is C19H18BrN5O2. The molecule has 138 valence electrons. The van der Waals surface area contributed by atoms with Gasteiger partial charge in [-0.15, -0.1) is 10.2 Å². The molecule has 3 aromatic rings. The Morgan fingerprint density at radius 2 is 1.93 bits per heavy atom. The Balaban J connectivity index is 1.35. The van der Waals surface area contributed by atoms with Crippen molar-refractivity contribution in [3.8, 4) is 11.5 Å². The van der Waals surface area contributed by atoms with Gasteiger partial charge in [-0.2, -0.15) is 0 Å². The lowest BCUT2D eigenvalue weighted by Crippen LogP contribution is -2.49.